The first-order valence-electron chi connectivity index (χ1n) is 8.52. The van der Waals surface area contributed by atoms with E-state index in [4.69, 9.17) is 4.74 Å². The van der Waals surface area contributed by atoms with Gasteiger partial charge in [0.15, 0.2) is 0 Å². The van der Waals surface area contributed by atoms with Crippen LogP contribution in [-0.4, -0.2) is 15.2 Å². The molecule has 0 saturated carbocycles. The van der Waals surface area contributed by atoms with Crippen LogP contribution in [0.2, 0.25) is 18.1 Å². The molecule has 0 radical (unpaired) electrons. The minimum atomic E-state index is -1.82. The molecule has 1 aliphatic rings. The van der Waals surface area contributed by atoms with Crippen LogP contribution in [0, 0.1) is 0 Å². The SMILES string of the molecule is COc1c(C(C)(C)C)cccc1[Si](C)(C)C1(C)C=CC(C)=C1C. The fraction of sp³-hybridized carbons (Fsp3) is 0.524. The van der Waals surface area contributed by atoms with Crippen molar-refractivity contribution in [2.24, 2.45) is 0 Å². The molecule has 1 atom stereocenters. The van der Waals surface area contributed by atoms with E-state index < -0.39 is 8.07 Å². The summed E-state index contributed by atoms with van der Waals surface area (Å²) in [5.74, 6) is 1.10. The first-order valence-corrected chi connectivity index (χ1v) is 11.5. The van der Waals surface area contributed by atoms with Gasteiger partial charge in [-0.3, -0.25) is 0 Å². The molecule has 0 amide bonds. The van der Waals surface area contributed by atoms with Crippen LogP contribution < -0.4 is 9.92 Å². The summed E-state index contributed by atoms with van der Waals surface area (Å²) in [7, 11) is -0.00209. The third-order valence-corrected chi connectivity index (χ3v) is 10.9. The van der Waals surface area contributed by atoms with Crippen molar-refractivity contribution in [3.63, 3.8) is 0 Å². The highest BCUT2D eigenvalue weighted by atomic mass is 28.3. The number of benzene rings is 1. The lowest BCUT2D eigenvalue weighted by molar-refractivity contribution is 0.400. The predicted molar refractivity (Wildman–Crippen MR) is 105 cm³/mol. The van der Waals surface area contributed by atoms with Gasteiger partial charge < -0.3 is 4.74 Å². The number of hydrogen-bond acceptors (Lipinski definition) is 1. The maximum atomic E-state index is 5.95. The van der Waals surface area contributed by atoms with Crippen molar-refractivity contribution in [2.45, 2.75) is 65.1 Å². The Morgan fingerprint density at radius 3 is 2.13 bits per heavy atom. The van der Waals surface area contributed by atoms with E-state index in [1.165, 1.54) is 21.9 Å². The summed E-state index contributed by atoms with van der Waals surface area (Å²) >= 11 is 0. The number of rotatable bonds is 3. The lowest BCUT2D eigenvalue weighted by atomic mass is 9.86. The summed E-state index contributed by atoms with van der Waals surface area (Å²) in [5.41, 5.74) is 4.32. The van der Waals surface area contributed by atoms with E-state index in [0.29, 0.717) is 0 Å². The second-order valence-electron chi connectivity index (χ2n) is 8.61. The van der Waals surface area contributed by atoms with Gasteiger partial charge in [0.25, 0.3) is 0 Å². The molecule has 2 heteroatoms. The number of hydrogen-bond donors (Lipinski definition) is 0. The van der Waals surface area contributed by atoms with Crippen LogP contribution in [0.15, 0.2) is 41.5 Å². The monoisotopic (exact) mass is 328 g/mol. The summed E-state index contributed by atoms with van der Waals surface area (Å²) in [6, 6.07) is 6.72. The largest absolute Gasteiger partial charge is 0.497 e. The van der Waals surface area contributed by atoms with Crippen LogP contribution in [0.4, 0.5) is 0 Å². The zero-order valence-electron chi connectivity index (χ0n) is 16.3. The van der Waals surface area contributed by atoms with Gasteiger partial charge in [0.1, 0.15) is 5.75 Å². The fourth-order valence-corrected chi connectivity index (χ4v) is 7.26. The van der Waals surface area contributed by atoms with Gasteiger partial charge in [0.2, 0.25) is 0 Å². The van der Waals surface area contributed by atoms with Gasteiger partial charge in [-0.2, -0.15) is 0 Å². The molecule has 0 aliphatic heterocycles. The molecule has 126 valence electrons. The quantitative estimate of drug-likeness (QED) is 0.659. The van der Waals surface area contributed by atoms with Crippen LogP contribution in [0.3, 0.4) is 0 Å². The Labute approximate surface area is 143 Å². The van der Waals surface area contributed by atoms with Crippen molar-refractivity contribution < 1.29 is 4.74 Å². The molecule has 0 spiro atoms. The Kier molecular flexibility index (Phi) is 4.45. The van der Waals surface area contributed by atoms with Gasteiger partial charge in [-0.25, -0.2) is 0 Å². The third kappa shape index (κ3) is 2.71. The van der Waals surface area contributed by atoms with Crippen LogP contribution >= 0.6 is 0 Å². The van der Waals surface area contributed by atoms with E-state index in [0.717, 1.165) is 5.75 Å². The van der Waals surface area contributed by atoms with Crippen molar-refractivity contribution in [2.75, 3.05) is 7.11 Å². The van der Waals surface area contributed by atoms with Crippen molar-refractivity contribution in [3.05, 3.63) is 47.1 Å². The molecule has 0 saturated heterocycles. The molecular formula is C21H32OSi. The van der Waals surface area contributed by atoms with Crippen molar-refractivity contribution in [1.82, 2.24) is 0 Å². The third-order valence-electron chi connectivity index (χ3n) is 6.04. The van der Waals surface area contributed by atoms with E-state index in [2.05, 4.69) is 85.0 Å². The Hall–Kier alpha value is -1.28. The fourth-order valence-electron chi connectivity index (χ4n) is 3.75. The second-order valence-corrected chi connectivity index (χ2v) is 13.4. The highest BCUT2D eigenvalue weighted by Crippen LogP contribution is 2.51. The van der Waals surface area contributed by atoms with Gasteiger partial charge in [0.05, 0.1) is 15.2 Å². The van der Waals surface area contributed by atoms with Crippen LogP contribution in [-0.2, 0) is 5.41 Å². The maximum Gasteiger partial charge on any atom is 0.121 e. The number of methoxy groups -OCH3 is 1. The molecule has 0 bridgehead atoms. The van der Waals surface area contributed by atoms with Crippen molar-refractivity contribution in [3.8, 4) is 5.75 Å². The average molecular weight is 329 g/mol. The smallest absolute Gasteiger partial charge is 0.121 e. The zero-order chi connectivity index (χ0) is 17.6. The Bertz CT molecular complexity index is 674. The Morgan fingerprint density at radius 2 is 1.70 bits per heavy atom. The van der Waals surface area contributed by atoms with E-state index in [1.54, 1.807) is 0 Å². The van der Waals surface area contributed by atoms with Gasteiger partial charge in [-0.1, -0.05) is 82.3 Å². The lowest BCUT2D eigenvalue weighted by Crippen LogP contribution is -2.52. The van der Waals surface area contributed by atoms with E-state index >= 15 is 0 Å². The molecule has 1 aromatic carbocycles. The van der Waals surface area contributed by atoms with Gasteiger partial charge in [0, 0.05) is 5.04 Å². The minimum absolute atomic E-state index is 0.0824. The summed E-state index contributed by atoms with van der Waals surface area (Å²) in [6.45, 7) is 18.7. The van der Waals surface area contributed by atoms with E-state index in [9.17, 15) is 0 Å². The first kappa shape index (κ1) is 18.1. The summed E-state index contributed by atoms with van der Waals surface area (Å²) in [6.07, 6.45) is 4.72. The molecule has 1 aliphatic carbocycles. The molecule has 23 heavy (non-hydrogen) atoms. The van der Waals surface area contributed by atoms with Crippen LogP contribution in [0.5, 0.6) is 5.75 Å². The summed E-state index contributed by atoms with van der Waals surface area (Å²) < 4.78 is 5.95. The predicted octanol–water partition coefficient (Wildman–Crippen LogP) is 5.57. The van der Waals surface area contributed by atoms with E-state index in [1.807, 2.05) is 7.11 Å². The average Bonchev–Trinajstić information content (AvgIpc) is 2.74. The normalized spacial score (nSPS) is 22.0. The molecule has 0 aromatic heterocycles. The minimum Gasteiger partial charge on any atom is -0.497 e. The maximum absolute atomic E-state index is 5.95. The molecule has 0 N–H and O–H groups in total. The molecule has 0 heterocycles. The molecule has 1 nitrogen and oxygen atoms in total. The zero-order valence-corrected chi connectivity index (χ0v) is 17.3. The Morgan fingerprint density at radius 1 is 1.09 bits per heavy atom. The molecule has 1 unspecified atom stereocenters. The highest BCUT2D eigenvalue weighted by Gasteiger charge is 2.47. The van der Waals surface area contributed by atoms with E-state index in [-0.39, 0.29) is 10.5 Å². The lowest BCUT2D eigenvalue weighted by Gasteiger charge is -2.42. The number of allylic oxidation sites excluding steroid dienone is 4. The summed E-state index contributed by atoms with van der Waals surface area (Å²) in [4.78, 5) is 0. The summed E-state index contributed by atoms with van der Waals surface area (Å²) in [5, 5.41) is 1.56. The number of para-hydroxylation sites is 1. The molecular weight excluding hydrogens is 296 g/mol. The van der Waals surface area contributed by atoms with Crippen molar-refractivity contribution >= 4 is 13.3 Å². The highest BCUT2D eigenvalue weighted by molar-refractivity contribution is 6.94. The van der Waals surface area contributed by atoms with Crippen LogP contribution in [0.25, 0.3) is 0 Å². The van der Waals surface area contributed by atoms with Crippen LogP contribution in [0.1, 0.15) is 47.1 Å². The molecule has 1 aromatic rings. The topological polar surface area (TPSA) is 9.23 Å². The van der Waals surface area contributed by atoms with Gasteiger partial charge in [-0.05, 0) is 30.0 Å². The second kappa shape index (κ2) is 5.66. The molecule has 2 rings (SSSR count). The van der Waals surface area contributed by atoms with Gasteiger partial charge >= 0.3 is 0 Å². The standard InChI is InChI=1S/C21H32OSi/c1-15-13-14-21(6,16(15)2)23(8,9)18-12-10-11-17(19(18)22-7)20(3,4)5/h10-14H,1-9H3. The van der Waals surface area contributed by atoms with Gasteiger partial charge in [-0.15, -0.1) is 0 Å². The van der Waals surface area contributed by atoms with Crippen molar-refractivity contribution in [1.29, 1.82) is 0 Å². The Balaban J connectivity index is 2.69. The number of ether oxygens (including phenoxy) is 1. The first-order chi connectivity index (χ1) is 10.5. The molecule has 0 fully saturated rings.